The Morgan fingerprint density at radius 3 is 1.86 bits per heavy atom. The molecule has 0 aromatic rings. The molecule has 36 valence electrons. The van der Waals surface area contributed by atoms with Crippen LogP contribution in [0.4, 0.5) is 0 Å². The van der Waals surface area contributed by atoms with Gasteiger partial charge in [0.1, 0.15) is 0 Å². The monoisotopic (exact) mass is 168 g/mol. The first kappa shape index (κ1) is 6.92. The molecule has 0 heterocycles. The van der Waals surface area contributed by atoms with Crippen molar-refractivity contribution >= 4 is 55.5 Å². The van der Waals surface area contributed by atoms with E-state index >= 15 is 0 Å². The Bertz CT molecular complexity index is 46.1. The molecule has 0 amide bonds. The van der Waals surface area contributed by atoms with Gasteiger partial charge in [0.2, 0.25) is 0 Å². The Morgan fingerprint density at radius 1 is 1.00 bits per heavy atom. The van der Waals surface area contributed by atoms with Gasteiger partial charge in [-0.15, -0.1) is 0 Å². The van der Waals surface area contributed by atoms with E-state index in [9.17, 15) is 0 Å². The van der Waals surface area contributed by atoms with Gasteiger partial charge in [0.05, 0.1) is 0 Å². The molecule has 1 heteroatoms. The second kappa shape index (κ2) is 3.76. The van der Waals surface area contributed by atoms with E-state index < -0.39 is 0 Å². The molecular weight excluding hydrogens is 158 g/mol. The van der Waals surface area contributed by atoms with Crippen LogP contribution in [0.15, 0.2) is 0 Å². The third kappa shape index (κ3) is 2.74. The fraction of sp³-hybridized carbons (Fsp3) is 1.00. The summed E-state index contributed by atoms with van der Waals surface area (Å²) in [5, 5.41) is 0. The van der Waals surface area contributed by atoms with Crippen molar-refractivity contribution in [3.63, 3.8) is 0 Å². The summed E-state index contributed by atoms with van der Waals surface area (Å²) in [6, 6.07) is 0. The topological polar surface area (TPSA) is 0 Å². The van der Waals surface area contributed by atoms with E-state index in [1.165, 1.54) is 18.2 Å². The van der Waals surface area contributed by atoms with Crippen molar-refractivity contribution in [2.45, 2.75) is 31.1 Å². The van der Waals surface area contributed by atoms with E-state index in [1.54, 1.807) is 12.8 Å². The predicted molar refractivity (Wildman–Crippen MR) is 32.6 cm³/mol. The van der Waals surface area contributed by atoms with Gasteiger partial charge in [0.15, 0.2) is 0 Å². The first-order valence-corrected chi connectivity index (χ1v) is 6.23. The molecule has 0 saturated heterocycles. The summed E-state index contributed by atoms with van der Waals surface area (Å²) in [5.74, 6) is 0. The van der Waals surface area contributed by atoms with Crippen LogP contribution in [-0.2, 0) is 0 Å². The fourth-order valence-corrected chi connectivity index (χ4v) is 3.31. The standard InChI is InChI=1S/C6H11.Rb/c1-2-4-6-5-3-1;/h1H,2-6H2;. The molecule has 0 bridgehead atoms. The maximum atomic E-state index is 1.58. The van der Waals surface area contributed by atoms with Gasteiger partial charge in [-0.3, -0.25) is 0 Å². The summed E-state index contributed by atoms with van der Waals surface area (Å²) >= 11 is 0.985. The third-order valence-corrected chi connectivity index (χ3v) is 4.73. The van der Waals surface area contributed by atoms with Crippen LogP contribution >= 0.6 is 0 Å². The molecule has 0 aromatic heterocycles. The molecule has 0 atom stereocenters. The minimum absolute atomic E-state index is 0.985. The molecule has 0 nitrogen and oxygen atoms in total. The van der Waals surface area contributed by atoms with Gasteiger partial charge in [0.25, 0.3) is 0 Å². The number of rotatable bonds is 0. The average Bonchev–Trinajstić information content (AvgIpc) is 1.69. The van der Waals surface area contributed by atoms with Crippen LogP contribution in [0.5, 0.6) is 0 Å². The zero-order valence-corrected chi connectivity index (χ0v) is 10.0. The predicted octanol–water partition coefficient (Wildman–Crippen LogP) is 1.91. The molecule has 0 radical (unpaired) electrons. The van der Waals surface area contributed by atoms with Crippen molar-refractivity contribution in [1.29, 1.82) is 0 Å². The quantitative estimate of drug-likeness (QED) is 0.519. The van der Waals surface area contributed by atoms with Gasteiger partial charge in [-0.05, 0) is 0 Å². The molecule has 1 rings (SSSR count). The van der Waals surface area contributed by atoms with E-state index in [0.717, 1.165) is 55.5 Å². The van der Waals surface area contributed by atoms with E-state index in [1.807, 2.05) is 0 Å². The summed E-state index contributed by atoms with van der Waals surface area (Å²) in [6.45, 7) is 0. The molecule has 0 aliphatic heterocycles. The minimum atomic E-state index is 0.985. The van der Waals surface area contributed by atoms with Gasteiger partial charge < -0.3 is 0 Å². The summed E-state index contributed by atoms with van der Waals surface area (Å²) in [6.07, 6.45) is 7.76. The average molecular weight is 169 g/mol. The fourth-order valence-electron chi connectivity index (χ4n) is 1.31. The Balaban J connectivity index is 2.12. The molecule has 1 saturated carbocycles. The van der Waals surface area contributed by atoms with Crippen molar-refractivity contribution in [2.24, 2.45) is 0 Å². The van der Waals surface area contributed by atoms with Crippen molar-refractivity contribution < 1.29 is 0 Å². The van der Waals surface area contributed by atoms with E-state index in [2.05, 4.69) is 0 Å². The second-order valence-electron chi connectivity index (χ2n) is 2.74. The SMILES string of the molecule is [Rb][CH]1CCCCC1. The number of hydrogen-bond donors (Lipinski definition) is 0. The van der Waals surface area contributed by atoms with E-state index in [0.29, 0.717) is 0 Å². The Morgan fingerprint density at radius 2 is 1.57 bits per heavy atom. The Kier molecular flexibility index (Phi) is 3.72. The molecule has 1 aliphatic rings. The molecule has 7 heavy (non-hydrogen) atoms. The molecule has 0 N–H and O–H groups in total. The van der Waals surface area contributed by atoms with Crippen LogP contribution < -0.4 is 0 Å². The zero-order chi connectivity index (χ0) is 5.11. The Hall–Kier alpha value is 1.81. The van der Waals surface area contributed by atoms with Gasteiger partial charge in [-0.25, -0.2) is 0 Å². The van der Waals surface area contributed by atoms with E-state index in [4.69, 9.17) is 0 Å². The van der Waals surface area contributed by atoms with Crippen LogP contribution in [0.25, 0.3) is 0 Å². The van der Waals surface area contributed by atoms with Crippen LogP contribution in [0.2, 0.25) is -1.01 Å². The normalized spacial score (nSPS) is 25.4. The van der Waals surface area contributed by atoms with Gasteiger partial charge >= 0.3 is 86.6 Å². The number of hydrogen-bond acceptors (Lipinski definition) is 0. The summed E-state index contributed by atoms with van der Waals surface area (Å²) in [7, 11) is 0. The van der Waals surface area contributed by atoms with Crippen LogP contribution in [0, 0.1) is 0 Å². The molecular formula is C6H11Rb. The van der Waals surface area contributed by atoms with Crippen LogP contribution in [-0.4, -0.2) is 55.5 Å². The maximum absolute atomic E-state index is 1.58. The summed E-state index contributed by atoms with van der Waals surface area (Å²) < 4.78 is 1.25. The van der Waals surface area contributed by atoms with Crippen molar-refractivity contribution in [2.75, 3.05) is 0 Å². The Labute approximate surface area is 84.8 Å². The third-order valence-electron chi connectivity index (χ3n) is 1.89. The van der Waals surface area contributed by atoms with Crippen molar-refractivity contribution in [3.8, 4) is 0 Å². The summed E-state index contributed by atoms with van der Waals surface area (Å²) in [5.41, 5.74) is 0. The molecule has 0 spiro atoms. The molecule has 0 aromatic carbocycles. The van der Waals surface area contributed by atoms with Crippen LogP contribution in [0.1, 0.15) is 32.1 Å². The van der Waals surface area contributed by atoms with Gasteiger partial charge in [-0.2, -0.15) is 0 Å². The first-order valence-electron chi connectivity index (χ1n) is 3.39. The summed E-state index contributed by atoms with van der Waals surface area (Å²) in [4.78, 5) is 0. The molecule has 1 fully saturated rings. The van der Waals surface area contributed by atoms with Crippen molar-refractivity contribution in [1.82, 2.24) is 0 Å². The van der Waals surface area contributed by atoms with Gasteiger partial charge in [0, 0.05) is 0 Å². The van der Waals surface area contributed by atoms with Crippen LogP contribution in [0.3, 0.4) is 0 Å². The second-order valence-corrected chi connectivity index (χ2v) is 6.76. The van der Waals surface area contributed by atoms with E-state index in [-0.39, 0.29) is 0 Å². The molecule has 0 unspecified atom stereocenters. The van der Waals surface area contributed by atoms with Crippen molar-refractivity contribution in [3.05, 3.63) is 0 Å². The van der Waals surface area contributed by atoms with Gasteiger partial charge in [-0.1, -0.05) is 0 Å². The zero-order valence-electron chi connectivity index (χ0n) is 5.11. The molecule has 1 aliphatic carbocycles. The first-order chi connectivity index (χ1) is 3.39.